The monoisotopic (exact) mass is 896 g/mol. The second-order valence-corrected chi connectivity index (χ2v) is 15.9. The molecule has 6 heteroatoms. The molecule has 8 aromatic carbocycles. The van der Waals surface area contributed by atoms with Crippen molar-refractivity contribution < 1.29 is 25.2 Å². The van der Waals surface area contributed by atoms with Crippen LogP contribution in [0.4, 0.5) is 0 Å². The number of imidazole rings is 1. The first-order valence-electron chi connectivity index (χ1n) is 20.9. The molecule has 5 heterocycles. The summed E-state index contributed by atoms with van der Waals surface area (Å²) in [5.41, 5.74) is 12.1. The standard InChI is InChI=1S/C57H34N4O.Pd/c1-5-17-37(18-6-1)52-53(38-19-7-2-8-20-38)60-50-29-14-13-25-44(50)43-32-30-41(35-47(43)55(60)59-52)62-42-31-33-45-46-26-15-27-48-54(46)61(51(45)36-42)56-49(28-16-34-58-56)57(48,39-21-9-3-10-22-39)40-23-11-4-12-24-40;/h1-34H;/q-2;+2. The van der Waals surface area contributed by atoms with Gasteiger partial charge in [0.25, 0.3) is 0 Å². The van der Waals surface area contributed by atoms with Crippen LogP contribution in [0.2, 0.25) is 0 Å². The Kier molecular flexibility index (Phi) is 8.55. The number of hydrogen-bond acceptors (Lipinski definition) is 3. The Morgan fingerprint density at radius 1 is 0.492 bits per heavy atom. The quantitative estimate of drug-likeness (QED) is 0.0949. The molecule has 0 bridgehead atoms. The van der Waals surface area contributed by atoms with Gasteiger partial charge >= 0.3 is 20.4 Å². The Balaban J connectivity index is 0.00000421. The maximum absolute atomic E-state index is 6.79. The number of ether oxygens (including phenoxy) is 1. The molecule has 1 aliphatic rings. The van der Waals surface area contributed by atoms with Crippen molar-refractivity contribution in [1.82, 2.24) is 18.9 Å². The molecule has 0 unspecified atom stereocenters. The van der Waals surface area contributed by atoms with E-state index in [1.807, 2.05) is 24.4 Å². The van der Waals surface area contributed by atoms with E-state index in [2.05, 4.69) is 203 Å². The zero-order valence-electron chi connectivity index (χ0n) is 33.6. The fourth-order valence-electron chi connectivity index (χ4n) is 10.2. The van der Waals surface area contributed by atoms with Crippen LogP contribution in [0.1, 0.15) is 22.3 Å². The Hall–Kier alpha value is -7.62. The smallest absolute Gasteiger partial charge is 0.503 e. The first-order chi connectivity index (χ1) is 30.8. The van der Waals surface area contributed by atoms with E-state index in [-0.39, 0.29) is 20.4 Å². The molecule has 0 amide bonds. The summed E-state index contributed by atoms with van der Waals surface area (Å²) < 4.78 is 11.4. The molecule has 0 fully saturated rings. The minimum atomic E-state index is -0.599. The van der Waals surface area contributed by atoms with Crippen LogP contribution in [0.3, 0.4) is 0 Å². The number of pyridine rings is 2. The SMILES string of the molecule is [Pd+2].[c-]1c(Oc2[c-]c3c(cc2)c2cccc4c2n3-c2ncccc2C4(c2ccccc2)c2ccccc2)ccc2c1c1nc(-c3ccccc3)c(-c3ccccc3)n1c1ccccc21. The fourth-order valence-corrected chi connectivity index (χ4v) is 10.2. The van der Waals surface area contributed by atoms with E-state index in [4.69, 9.17) is 14.7 Å². The number of aromatic nitrogens is 4. The van der Waals surface area contributed by atoms with E-state index in [1.54, 1.807) is 0 Å². The molecule has 0 N–H and O–H groups in total. The number of hydrogen-bond donors (Lipinski definition) is 0. The van der Waals surface area contributed by atoms with E-state index in [0.29, 0.717) is 11.5 Å². The Morgan fingerprint density at radius 2 is 1.10 bits per heavy atom. The van der Waals surface area contributed by atoms with Gasteiger partial charge in [0.05, 0.1) is 22.5 Å². The molecule has 0 aliphatic carbocycles. The molecule has 4 aromatic heterocycles. The molecule has 0 radical (unpaired) electrons. The van der Waals surface area contributed by atoms with Gasteiger partial charge in [0.15, 0.2) is 0 Å². The van der Waals surface area contributed by atoms with Crippen LogP contribution in [0.25, 0.3) is 77.5 Å². The number of benzene rings is 8. The van der Waals surface area contributed by atoms with Gasteiger partial charge in [-0.1, -0.05) is 186 Å². The predicted octanol–water partition coefficient (Wildman–Crippen LogP) is 13.6. The Labute approximate surface area is 377 Å². The van der Waals surface area contributed by atoms with E-state index in [0.717, 1.165) is 83.0 Å². The number of nitrogens with zero attached hydrogens (tertiary/aromatic N) is 4. The first-order valence-corrected chi connectivity index (χ1v) is 20.9. The zero-order chi connectivity index (χ0) is 40.8. The van der Waals surface area contributed by atoms with Gasteiger partial charge in [-0.15, -0.1) is 29.7 Å². The molecule has 13 rings (SSSR count). The van der Waals surface area contributed by atoms with Crippen molar-refractivity contribution >= 4 is 49.1 Å². The summed E-state index contributed by atoms with van der Waals surface area (Å²) in [6.07, 6.45) is 1.89. The van der Waals surface area contributed by atoms with Crippen molar-refractivity contribution in [1.29, 1.82) is 0 Å². The molecule has 63 heavy (non-hydrogen) atoms. The van der Waals surface area contributed by atoms with Crippen molar-refractivity contribution in [3.63, 3.8) is 0 Å². The average Bonchev–Trinajstić information content (AvgIpc) is 3.91. The van der Waals surface area contributed by atoms with Crippen molar-refractivity contribution in [2.75, 3.05) is 0 Å². The summed E-state index contributed by atoms with van der Waals surface area (Å²) in [5, 5.41) is 5.27. The summed E-state index contributed by atoms with van der Waals surface area (Å²) in [4.78, 5) is 10.6. The topological polar surface area (TPSA) is 44.3 Å². The maximum Gasteiger partial charge on any atom is 2.00 e. The van der Waals surface area contributed by atoms with Crippen LogP contribution >= 0.6 is 0 Å². The van der Waals surface area contributed by atoms with Gasteiger partial charge in [0, 0.05) is 39.9 Å². The van der Waals surface area contributed by atoms with Crippen LogP contribution in [0.15, 0.2) is 206 Å². The molecule has 5 nitrogen and oxygen atoms in total. The fraction of sp³-hybridized carbons (Fsp3) is 0.0175. The van der Waals surface area contributed by atoms with Crippen molar-refractivity contribution in [2.45, 2.75) is 5.41 Å². The van der Waals surface area contributed by atoms with Crippen LogP contribution in [0.5, 0.6) is 11.5 Å². The Morgan fingerprint density at radius 3 is 1.83 bits per heavy atom. The van der Waals surface area contributed by atoms with Gasteiger partial charge in [-0.3, -0.25) is 4.98 Å². The molecule has 0 atom stereocenters. The molecule has 298 valence electrons. The molecular formula is C57H34N4OPd. The summed E-state index contributed by atoms with van der Waals surface area (Å²) in [5.74, 6) is 2.04. The van der Waals surface area contributed by atoms with Gasteiger partial charge in [0.1, 0.15) is 5.82 Å². The molecule has 0 saturated carbocycles. The second kappa shape index (κ2) is 14.5. The summed E-state index contributed by atoms with van der Waals surface area (Å²) in [7, 11) is 0. The minimum Gasteiger partial charge on any atom is -0.503 e. The first kappa shape index (κ1) is 37.2. The average molecular weight is 897 g/mol. The van der Waals surface area contributed by atoms with E-state index >= 15 is 0 Å². The largest absolute Gasteiger partial charge is 2.00 e. The van der Waals surface area contributed by atoms with E-state index in [9.17, 15) is 0 Å². The number of para-hydroxylation sites is 2. The van der Waals surface area contributed by atoms with Gasteiger partial charge in [-0.2, -0.15) is 6.07 Å². The molecule has 0 spiro atoms. The minimum absolute atomic E-state index is 0. The normalized spacial score (nSPS) is 12.8. The Bertz CT molecular complexity index is 3670. The third-order valence-electron chi connectivity index (χ3n) is 12.7. The van der Waals surface area contributed by atoms with Gasteiger partial charge in [-0.05, 0) is 45.2 Å². The summed E-state index contributed by atoms with van der Waals surface area (Å²) in [6, 6.07) is 77.8. The van der Waals surface area contributed by atoms with Gasteiger partial charge in [0.2, 0.25) is 0 Å². The van der Waals surface area contributed by atoms with Gasteiger partial charge < -0.3 is 13.7 Å². The molecule has 0 saturated heterocycles. The maximum atomic E-state index is 6.79. The number of fused-ring (bicyclic) bond motifs is 11. The third kappa shape index (κ3) is 5.39. The number of rotatable bonds is 6. The zero-order valence-corrected chi connectivity index (χ0v) is 35.2. The van der Waals surface area contributed by atoms with Crippen LogP contribution in [-0.2, 0) is 25.8 Å². The molecular weight excluding hydrogens is 863 g/mol. The van der Waals surface area contributed by atoms with E-state index in [1.165, 1.54) is 16.7 Å². The summed E-state index contributed by atoms with van der Waals surface area (Å²) >= 11 is 0. The predicted molar refractivity (Wildman–Crippen MR) is 249 cm³/mol. The van der Waals surface area contributed by atoms with Crippen molar-refractivity contribution in [3.05, 3.63) is 241 Å². The van der Waals surface area contributed by atoms with Crippen LogP contribution in [-0.4, -0.2) is 18.9 Å². The second-order valence-electron chi connectivity index (χ2n) is 15.9. The molecule has 12 aromatic rings. The molecule has 1 aliphatic heterocycles. The van der Waals surface area contributed by atoms with Gasteiger partial charge in [-0.25, -0.2) is 4.98 Å². The van der Waals surface area contributed by atoms with Crippen molar-refractivity contribution in [3.8, 4) is 39.8 Å². The van der Waals surface area contributed by atoms with Crippen LogP contribution in [0, 0.1) is 12.1 Å². The van der Waals surface area contributed by atoms with E-state index < -0.39 is 5.41 Å². The van der Waals surface area contributed by atoms with Crippen molar-refractivity contribution in [2.24, 2.45) is 0 Å². The summed E-state index contributed by atoms with van der Waals surface area (Å²) in [6.45, 7) is 0. The van der Waals surface area contributed by atoms with Crippen LogP contribution < -0.4 is 4.74 Å². The third-order valence-corrected chi connectivity index (χ3v) is 12.7.